The normalized spacial score (nSPS) is 14.6. The number of aromatic nitrogens is 2. The molecule has 1 atom stereocenters. The van der Waals surface area contributed by atoms with Crippen molar-refractivity contribution < 1.29 is 24.1 Å². The molecule has 0 radical (unpaired) electrons. The molecule has 4 aromatic rings. The summed E-state index contributed by atoms with van der Waals surface area (Å²) in [7, 11) is 1.71. The van der Waals surface area contributed by atoms with Gasteiger partial charge in [-0.1, -0.05) is 60.1 Å². The lowest BCUT2D eigenvalue weighted by Crippen LogP contribution is -2.49. The van der Waals surface area contributed by atoms with Crippen molar-refractivity contribution in [3.05, 3.63) is 82.1 Å². The number of nitrogens with zero attached hydrogens (tertiary/aromatic N) is 4. The van der Waals surface area contributed by atoms with Crippen molar-refractivity contribution in [3.8, 4) is 11.3 Å². The highest BCUT2D eigenvalue weighted by atomic mass is 79.9. The van der Waals surface area contributed by atoms with Crippen molar-refractivity contribution in [1.82, 2.24) is 14.5 Å². The Hall–Kier alpha value is -3.44. The topological polar surface area (TPSA) is 89.3 Å². The third-order valence-corrected chi connectivity index (χ3v) is 9.48. The van der Waals surface area contributed by atoms with Crippen LogP contribution in [0.1, 0.15) is 57.5 Å². The number of benzene rings is 2. The molecular formula is C38H49BrN4O5. The summed E-state index contributed by atoms with van der Waals surface area (Å²) in [6, 6.07) is 18.4. The number of hydrogen-bond acceptors (Lipinski definition) is 7. The molecular weight excluding hydrogens is 672 g/mol. The summed E-state index contributed by atoms with van der Waals surface area (Å²) in [5.41, 5.74) is 6.76. The molecule has 1 aliphatic rings. The first kappa shape index (κ1) is 35.9. The van der Waals surface area contributed by atoms with Crippen LogP contribution in [0.25, 0.3) is 22.2 Å². The maximum atomic E-state index is 12.9. The maximum Gasteiger partial charge on any atom is 0.410 e. The Kier molecular flexibility index (Phi) is 11.8. The number of methoxy groups -OCH3 is 1. The standard InChI is InChI=1S/C38H49BrN4O5/c1-26(2)47-19-18-43-34-13-12-29(39)20-31(34)33(22-38(4,5)25-44)36(43)32-21-30(23-40-35(32)27(3)46-6)41-14-16-42(17-15-41)37(45)48-24-28-10-8-7-9-11-28/h7-13,20-21,23,26-27,44H,14-19,22,24-25H2,1-6H3/t27-/m0/s1. The monoisotopic (exact) mass is 720 g/mol. The Morgan fingerprint density at radius 2 is 1.77 bits per heavy atom. The van der Waals surface area contributed by atoms with Gasteiger partial charge in [0, 0.05) is 67.4 Å². The average Bonchev–Trinajstić information content (AvgIpc) is 3.37. The Balaban J connectivity index is 1.52. The second kappa shape index (κ2) is 15.8. The Labute approximate surface area is 292 Å². The lowest BCUT2D eigenvalue weighted by molar-refractivity contribution is 0.0735. The van der Waals surface area contributed by atoms with Gasteiger partial charge in [-0.2, -0.15) is 0 Å². The number of rotatable bonds is 13. The van der Waals surface area contributed by atoms with E-state index in [2.05, 4.69) is 77.4 Å². The van der Waals surface area contributed by atoms with E-state index in [0.717, 1.165) is 49.1 Å². The molecule has 0 spiro atoms. The Bertz CT molecular complexity index is 1680. The summed E-state index contributed by atoms with van der Waals surface area (Å²) in [5, 5.41) is 11.5. The van der Waals surface area contributed by atoms with Crippen LogP contribution in [0.4, 0.5) is 10.5 Å². The van der Waals surface area contributed by atoms with Gasteiger partial charge < -0.3 is 33.7 Å². The van der Waals surface area contributed by atoms with Crippen LogP contribution in [-0.2, 0) is 33.8 Å². The van der Waals surface area contributed by atoms with Gasteiger partial charge >= 0.3 is 6.09 Å². The summed E-state index contributed by atoms with van der Waals surface area (Å²) < 4.78 is 20.9. The van der Waals surface area contributed by atoms with E-state index >= 15 is 0 Å². The van der Waals surface area contributed by atoms with Gasteiger partial charge in [-0.3, -0.25) is 4.98 Å². The summed E-state index contributed by atoms with van der Waals surface area (Å²) in [5.74, 6) is 0. The number of pyridine rings is 1. The number of fused-ring (bicyclic) bond motifs is 1. The number of hydrogen-bond donors (Lipinski definition) is 1. The minimum absolute atomic E-state index is 0.0568. The number of anilines is 1. The molecule has 0 unspecified atom stereocenters. The van der Waals surface area contributed by atoms with Crippen LogP contribution in [0.15, 0.2) is 65.3 Å². The van der Waals surface area contributed by atoms with Gasteiger partial charge in [0.05, 0.1) is 42.1 Å². The molecule has 1 N–H and O–H groups in total. The predicted molar refractivity (Wildman–Crippen MR) is 194 cm³/mol. The number of amides is 1. The second-order valence-corrected chi connectivity index (χ2v) is 14.5. The molecule has 10 heteroatoms. The molecule has 258 valence electrons. The molecule has 0 saturated carbocycles. The van der Waals surface area contributed by atoms with Gasteiger partial charge in [-0.15, -0.1) is 0 Å². The molecule has 9 nitrogen and oxygen atoms in total. The van der Waals surface area contributed by atoms with E-state index < -0.39 is 0 Å². The van der Waals surface area contributed by atoms with Crippen LogP contribution < -0.4 is 4.90 Å². The van der Waals surface area contributed by atoms with Crippen LogP contribution in [0.2, 0.25) is 0 Å². The van der Waals surface area contributed by atoms with Crippen LogP contribution >= 0.6 is 15.9 Å². The van der Waals surface area contributed by atoms with E-state index in [1.54, 1.807) is 12.0 Å². The number of carbonyl (C=O) groups is 1. The minimum Gasteiger partial charge on any atom is -0.445 e. The van der Waals surface area contributed by atoms with E-state index in [0.29, 0.717) is 45.8 Å². The average molecular weight is 722 g/mol. The van der Waals surface area contributed by atoms with E-state index in [9.17, 15) is 9.90 Å². The third kappa shape index (κ3) is 8.40. The van der Waals surface area contributed by atoms with Gasteiger partial charge in [0.15, 0.2) is 0 Å². The number of halogens is 1. The number of carbonyl (C=O) groups excluding carboxylic acids is 1. The number of aliphatic hydroxyl groups excluding tert-OH is 1. The summed E-state index contributed by atoms with van der Waals surface area (Å²) in [6.45, 7) is 14.3. The fraction of sp³-hybridized carbons (Fsp3) is 0.474. The van der Waals surface area contributed by atoms with Crippen LogP contribution in [0, 0.1) is 5.41 Å². The lowest BCUT2D eigenvalue weighted by atomic mass is 9.84. The van der Waals surface area contributed by atoms with Crippen molar-refractivity contribution in [3.63, 3.8) is 0 Å². The van der Waals surface area contributed by atoms with Crippen LogP contribution in [-0.4, -0.2) is 78.3 Å². The molecule has 48 heavy (non-hydrogen) atoms. The molecule has 1 saturated heterocycles. The van der Waals surface area contributed by atoms with Crippen molar-refractivity contribution in [2.24, 2.45) is 5.41 Å². The maximum absolute atomic E-state index is 12.9. The predicted octanol–water partition coefficient (Wildman–Crippen LogP) is 7.62. The highest BCUT2D eigenvalue weighted by Gasteiger charge is 2.30. The van der Waals surface area contributed by atoms with Crippen molar-refractivity contribution in [2.75, 3.05) is 51.4 Å². The molecule has 1 fully saturated rings. The summed E-state index contributed by atoms with van der Waals surface area (Å²) >= 11 is 3.71. The van der Waals surface area contributed by atoms with Crippen molar-refractivity contribution >= 4 is 38.6 Å². The SMILES string of the molecule is CO[C@@H](C)c1ncc(N2CCN(C(=O)OCc3ccccc3)CC2)cc1-c1c(CC(C)(C)CO)c2cc(Br)ccc2n1CCOC(C)C. The summed E-state index contributed by atoms with van der Waals surface area (Å²) in [6.07, 6.45) is 2.14. The minimum atomic E-state index is -0.353. The van der Waals surface area contributed by atoms with Gasteiger partial charge in [-0.25, -0.2) is 4.79 Å². The smallest absolute Gasteiger partial charge is 0.410 e. The molecule has 2 aromatic heterocycles. The van der Waals surface area contributed by atoms with Gasteiger partial charge in [0.25, 0.3) is 0 Å². The van der Waals surface area contributed by atoms with Gasteiger partial charge in [0.1, 0.15) is 6.61 Å². The molecule has 1 amide bonds. The van der Waals surface area contributed by atoms with Gasteiger partial charge in [-0.05, 0) is 68.0 Å². The molecule has 3 heterocycles. The second-order valence-electron chi connectivity index (χ2n) is 13.6. The number of ether oxygens (including phenoxy) is 3. The fourth-order valence-electron chi connectivity index (χ4n) is 6.25. The zero-order valence-corrected chi connectivity index (χ0v) is 30.6. The fourth-order valence-corrected chi connectivity index (χ4v) is 6.61. The molecule has 5 rings (SSSR count). The highest BCUT2D eigenvalue weighted by Crippen LogP contribution is 2.42. The third-order valence-electron chi connectivity index (χ3n) is 8.99. The molecule has 0 aliphatic carbocycles. The summed E-state index contributed by atoms with van der Waals surface area (Å²) in [4.78, 5) is 22.0. The molecule has 2 aromatic carbocycles. The van der Waals surface area contributed by atoms with Crippen molar-refractivity contribution in [2.45, 2.75) is 66.4 Å². The first-order valence-electron chi connectivity index (χ1n) is 16.8. The zero-order chi connectivity index (χ0) is 34.4. The largest absolute Gasteiger partial charge is 0.445 e. The Morgan fingerprint density at radius 3 is 2.44 bits per heavy atom. The highest BCUT2D eigenvalue weighted by molar-refractivity contribution is 9.10. The Morgan fingerprint density at radius 1 is 1.04 bits per heavy atom. The van der Waals surface area contributed by atoms with E-state index in [4.69, 9.17) is 19.2 Å². The molecule has 1 aliphatic heterocycles. The quantitative estimate of drug-likeness (QED) is 0.152. The van der Waals surface area contributed by atoms with Gasteiger partial charge in [0.2, 0.25) is 0 Å². The number of piperazine rings is 1. The van der Waals surface area contributed by atoms with E-state index in [-0.39, 0.29) is 36.9 Å². The van der Waals surface area contributed by atoms with E-state index in [1.165, 1.54) is 0 Å². The van der Waals surface area contributed by atoms with Crippen molar-refractivity contribution in [1.29, 1.82) is 0 Å². The molecule has 0 bridgehead atoms. The van der Waals surface area contributed by atoms with Crippen LogP contribution in [0.3, 0.4) is 0 Å². The van der Waals surface area contributed by atoms with E-state index in [1.807, 2.05) is 43.5 Å². The lowest BCUT2D eigenvalue weighted by Gasteiger charge is -2.35. The first-order chi connectivity index (χ1) is 23.0. The first-order valence-corrected chi connectivity index (χ1v) is 17.6. The zero-order valence-electron chi connectivity index (χ0n) is 29.0. The van der Waals surface area contributed by atoms with Crippen LogP contribution in [0.5, 0.6) is 0 Å². The number of aliphatic hydroxyl groups is 1.